The monoisotopic (exact) mass is 254 g/mol. The van der Waals surface area contributed by atoms with Crippen LogP contribution >= 0.6 is 0 Å². The molecule has 2 N–H and O–H groups in total. The molecule has 0 aromatic heterocycles. The molecule has 1 aliphatic carbocycles. The van der Waals surface area contributed by atoms with Gasteiger partial charge in [-0.2, -0.15) is 0 Å². The van der Waals surface area contributed by atoms with Crippen LogP contribution in [0, 0.1) is 5.92 Å². The van der Waals surface area contributed by atoms with Crippen LogP contribution in [0.3, 0.4) is 0 Å². The Balaban J connectivity index is 2.18. The first-order chi connectivity index (χ1) is 8.54. The standard InChI is InChI=1S/C14H30N4/c1-11(2)8-9-16-14(15-4)17-10-12(3)18(5)13-6-7-13/h11-13H,6-10H2,1-5H3,(H2,15,16,17). The van der Waals surface area contributed by atoms with E-state index in [9.17, 15) is 0 Å². The molecule has 0 bridgehead atoms. The molecule has 106 valence electrons. The quantitative estimate of drug-likeness (QED) is 0.536. The summed E-state index contributed by atoms with van der Waals surface area (Å²) in [6.45, 7) is 8.69. The molecule has 0 amide bonds. The molecule has 4 heteroatoms. The van der Waals surface area contributed by atoms with Crippen LogP contribution in [0.25, 0.3) is 0 Å². The number of hydrogen-bond donors (Lipinski definition) is 2. The van der Waals surface area contributed by atoms with E-state index in [1.165, 1.54) is 19.3 Å². The number of likely N-dealkylation sites (N-methyl/N-ethyl adjacent to an activating group) is 1. The summed E-state index contributed by atoms with van der Waals surface area (Å²) in [5.41, 5.74) is 0. The van der Waals surface area contributed by atoms with Gasteiger partial charge in [0.2, 0.25) is 0 Å². The molecule has 1 aliphatic rings. The SMILES string of the molecule is CN=C(NCCC(C)C)NCC(C)N(C)C1CC1. The average molecular weight is 254 g/mol. The first-order valence-electron chi connectivity index (χ1n) is 7.21. The summed E-state index contributed by atoms with van der Waals surface area (Å²) in [5, 5.41) is 6.76. The lowest BCUT2D eigenvalue weighted by molar-refractivity contribution is 0.247. The van der Waals surface area contributed by atoms with Gasteiger partial charge in [0.1, 0.15) is 0 Å². The maximum absolute atomic E-state index is 4.25. The van der Waals surface area contributed by atoms with Gasteiger partial charge < -0.3 is 10.6 Å². The fraction of sp³-hybridized carbons (Fsp3) is 0.929. The molecule has 0 radical (unpaired) electrons. The molecule has 0 aromatic rings. The van der Waals surface area contributed by atoms with Gasteiger partial charge >= 0.3 is 0 Å². The van der Waals surface area contributed by atoms with E-state index in [4.69, 9.17) is 0 Å². The average Bonchev–Trinajstić information content (AvgIpc) is 3.15. The van der Waals surface area contributed by atoms with E-state index in [1.807, 2.05) is 7.05 Å². The highest BCUT2D eigenvalue weighted by molar-refractivity contribution is 5.79. The minimum absolute atomic E-state index is 0.557. The van der Waals surface area contributed by atoms with Gasteiger partial charge in [0, 0.05) is 32.2 Å². The van der Waals surface area contributed by atoms with E-state index in [0.717, 1.165) is 31.0 Å². The van der Waals surface area contributed by atoms with Crippen LogP contribution < -0.4 is 10.6 Å². The largest absolute Gasteiger partial charge is 0.356 e. The van der Waals surface area contributed by atoms with Crippen molar-refractivity contribution in [2.45, 2.75) is 52.1 Å². The summed E-state index contributed by atoms with van der Waals surface area (Å²) in [6, 6.07) is 1.37. The second kappa shape index (κ2) is 7.62. The van der Waals surface area contributed by atoms with Crippen molar-refractivity contribution in [2.75, 3.05) is 27.2 Å². The number of aliphatic imine (C=N–C) groups is 1. The Kier molecular flexibility index (Phi) is 6.47. The van der Waals surface area contributed by atoms with Crippen molar-refractivity contribution in [3.63, 3.8) is 0 Å². The predicted octanol–water partition coefficient (Wildman–Crippen LogP) is 1.68. The predicted molar refractivity (Wildman–Crippen MR) is 79.1 cm³/mol. The Hall–Kier alpha value is -0.770. The van der Waals surface area contributed by atoms with E-state index in [-0.39, 0.29) is 0 Å². The summed E-state index contributed by atoms with van der Waals surface area (Å²) >= 11 is 0. The highest BCUT2D eigenvalue weighted by Crippen LogP contribution is 2.26. The van der Waals surface area contributed by atoms with Crippen LogP contribution in [0.1, 0.15) is 40.0 Å². The highest BCUT2D eigenvalue weighted by atomic mass is 15.2. The molecule has 0 heterocycles. The Morgan fingerprint density at radius 2 is 1.94 bits per heavy atom. The van der Waals surface area contributed by atoms with Crippen molar-refractivity contribution < 1.29 is 0 Å². The minimum atomic E-state index is 0.557. The van der Waals surface area contributed by atoms with Gasteiger partial charge in [-0.3, -0.25) is 9.89 Å². The van der Waals surface area contributed by atoms with Gasteiger partial charge in [-0.15, -0.1) is 0 Å². The Morgan fingerprint density at radius 3 is 2.44 bits per heavy atom. The van der Waals surface area contributed by atoms with Crippen molar-refractivity contribution in [1.29, 1.82) is 0 Å². The molecule has 0 spiro atoms. The van der Waals surface area contributed by atoms with Crippen molar-refractivity contribution in [3.05, 3.63) is 0 Å². The molecule has 1 unspecified atom stereocenters. The van der Waals surface area contributed by atoms with Gasteiger partial charge in [-0.25, -0.2) is 0 Å². The first-order valence-corrected chi connectivity index (χ1v) is 7.21. The van der Waals surface area contributed by atoms with E-state index < -0.39 is 0 Å². The summed E-state index contributed by atoms with van der Waals surface area (Å²) in [5.74, 6) is 1.65. The van der Waals surface area contributed by atoms with E-state index in [0.29, 0.717) is 6.04 Å². The van der Waals surface area contributed by atoms with Crippen molar-refractivity contribution in [1.82, 2.24) is 15.5 Å². The molecule has 1 fully saturated rings. The number of guanidine groups is 1. The van der Waals surface area contributed by atoms with Gasteiger partial charge in [0.15, 0.2) is 5.96 Å². The van der Waals surface area contributed by atoms with Crippen molar-refractivity contribution in [3.8, 4) is 0 Å². The second-order valence-electron chi connectivity index (χ2n) is 5.81. The van der Waals surface area contributed by atoms with E-state index in [1.54, 1.807) is 0 Å². The lowest BCUT2D eigenvalue weighted by Crippen LogP contribution is -2.45. The van der Waals surface area contributed by atoms with Crippen LogP contribution in [-0.4, -0.2) is 50.1 Å². The lowest BCUT2D eigenvalue weighted by Gasteiger charge is -2.25. The number of nitrogens with one attached hydrogen (secondary N) is 2. The van der Waals surface area contributed by atoms with Crippen molar-refractivity contribution >= 4 is 5.96 Å². The summed E-state index contributed by atoms with van der Waals surface area (Å²) in [6.07, 6.45) is 3.91. The highest BCUT2D eigenvalue weighted by Gasteiger charge is 2.28. The Bertz CT molecular complexity index is 259. The number of rotatable bonds is 7. The zero-order valence-corrected chi connectivity index (χ0v) is 12.7. The molecular formula is C14H30N4. The van der Waals surface area contributed by atoms with Gasteiger partial charge in [-0.1, -0.05) is 13.8 Å². The van der Waals surface area contributed by atoms with Gasteiger partial charge in [0.05, 0.1) is 0 Å². The fourth-order valence-corrected chi connectivity index (χ4v) is 1.93. The Morgan fingerprint density at radius 1 is 1.28 bits per heavy atom. The first kappa shape index (κ1) is 15.3. The third-order valence-electron chi connectivity index (χ3n) is 3.62. The topological polar surface area (TPSA) is 39.7 Å². The molecular weight excluding hydrogens is 224 g/mol. The molecule has 4 nitrogen and oxygen atoms in total. The van der Waals surface area contributed by atoms with E-state index >= 15 is 0 Å². The summed E-state index contributed by atoms with van der Waals surface area (Å²) in [7, 11) is 4.05. The molecule has 1 atom stereocenters. The minimum Gasteiger partial charge on any atom is -0.356 e. The van der Waals surface area contributed by atoms with Gasteiger partial charge in [0.25, 0.3) is 0 Å². The summed E-state index contributed by atoms with van der Waals surface area (Å²) in [4.78, 5) is 6.72. The maximum Gasteiger partial charge on any atom is 0.191 e. The van der Waals surface area contributed by atoms with Crippen LogP contribution in [0.15, 0.2) is 4.99 Å². The van der Waals surface area contributed by atoms with Crippen molar-refractivity contribution in [2.24, 2.45) is 10.9 Å². The molecule has 0 aromatic carbocycles. The smallest absolute Gasteiger partial charge is 0.191 e. The van der Waals surface area contributed by atoms with Gasteiger partial charge in [-0.05, 0) is 39.2 Å². The van der Waals surface area contributed by atoms with E-state index in [2.05, 4.69) is 48.3 Å². The molecule has 0 aliphatic heterocycles. The second-order valence-corrected chi connectivity index (χ2v) is 5.81. The molecule has 18 heavy (non-hydrogen) atoms. The van der Waals surface area contributed by atoms with Crippen LogP contribution in [-0.2, 0) is 0 Å². The van der Waals surface area contributed by atoms with Crippen LogP contribution in [0.2, 0.25) is 0 Å². The molecule has 1 rings (SSSR count). The fourth-order valence-electron chi connectivity index (χ4n) is 1.93. The zero-order valence-electron chi connectivity index (χ0n) is 12.7. The third-order valence-corrected chi connectivity index (χ3v) is 3.62. The number of nitrogens with zero attached hydrogens (tertiary/aromatic N) is 2. The third kappa shape index (κ3) is 5.71. The Labute approximate surface area is 112 Å². The zero-order chi connectivity index (χ0) is 13.5. The summed E-state index contributed by atoms with van der Waals surface area (Å²) < 4.78 is 0. The van der Waals surface area contributed by atoms with Crippen LogP contribution in [0.4, 0.5) is 0 Å². The number of hydrogen-bond acceptors (Lipinski definition) is 2. The molecule has 1 saturated carbocycles. The van der Waals surface area contributed by atoms with Crippen LogP contribution in [0.5, 0.6) is 0 Å². The molecule has 0 saturated heterocycles. The normalized spacial score (nSPS) is 18.3. The maximum atomic E-state index is 4.25. The lowest BCUT2D eigenvalue weighted by atomic mass is 10.1.